The molecule has 1 atom stereocenters. The van der Waals surface area contributed by atoms with Crippen LogP contribution in [0.3, 0.4) is 0 Å². The Hall–Kier alpha value is -1.63. The number of nitrogens with zero attached hydrogens (tertiary/aromatic N) is 3. The summed E-state index contributed by atoms with van der Waals surface area (Å²) in [6.07, 6.45) is 11.2. The average Bonchev–Trinajstić information content (AvgIpc) is 3.48. The molecule has 0 spiro atoms. The molecular formula is C23H36N4O2S. The van der Waals surface area contributed by atoms with Crippen molar-refractivity contribution in [1.29, 1.82) is 0 Å². The quantitative estimate of drug-likeness (QED) is 0.704. The summed E-state index contributed by atoms with van der Waals surface area (Å²) >= 11 is 1.63. The molecule has 2 saturated carbocycles. The normalized spacial score (nSPS) is 22.0. The van der Waals surface area contributed by atoms with Crippen LogP contribution in [0.5, 0.6) is 0 Å². The maximum absolute atomic E-state index is 13.3. The van der Waals surface area contributed by atoms with Crippen LogP contribution in [0.1, 0.15) is 99.5 Å². The lowest BCUT2D eigenvalue weighted by atomic mass is 9.94. The molecule has 0 bridgehead atoms. The van der Waals surface area contributed by atoms with E-state index in [1.807, 2.05) is 17.2 Å². The third-order valence-electron chi connectivity index (χ3n) is 7.00. The maximum atomic E-state index is 13.3. The summed E-state index contributed by atoms with van der Waals surface area (Å²) < 4.78 is 0. The van der Waals surface area contributed by atoms with Crippen molar-refractivity contribution in [2.24, 2.45) is 0 Å². The van der Waals surface area contributed by atoms with Crippen molar-refractivity contribution >= 4 is 23.3 Å². The standard InChI is InChI=1S/C23H36N4O2S/c1-3-16(2)24-23(29)26-13-11-17(12-14-26)21-25-20(15-30-21)22(28)27(19-9-10-19)18-7-5-4-6-8-18/h15-19H,3-14H2,1-2H3,(H,24,29). The molecule has 3 aliphatic rings. The van der Waals surface area contributed by atoms with Crippen molar-refractivity contribution in [2.45, 2.75) is 102 Å². The summed E-state index contributed by atoms with van der Waals surface area (Å²) in [6.45, 7) is 5.63. The number of nitrogens with one attached hydrogen (secondary N) is 1. The predicted molar refractivity (Wildman–Crippen MR) is 120 cm³/mol. The third-order valence-corrected chi connectivity index (χ3v) is 8.00. The molecule has 2 aliphatic carbocycles. The van der Waals surface area contributed by atoms with E-state index in [4.69, 9.17) is 4.98 Å². The largest absolute Gasteiger partial charge is 0.336 e. The molecule has 6 nitrogen and oxygen atoms in total. The average molecular weight is 433 g/mol. The molecule has 30 heavy (non-hydrogen) atoms. The lowest BCUT2D eigenvalue weighted by Crippen LogP contribution is -2.46. The number of carbonyl (C=O) groups is 2. The van der Waals surface area contributed by atoms with Gasteiger partial charge in [0.25, 0.3) is 5.91 Å². The molecule has 1 unspecified atom stereocenters. The van der Waals surface area contributed by atoms with Gasteiger partial charge in [0.2, 0.25) is 0 Å². The number of rotatable bonds is 6. The van der Waals surface area contributed by atoms with E-state index in [0.717, 1.165) is 63.0 Å². The van der Waals surface area contributed by atoms with Crippen LogP contribution < -0.4 is 5.32 Å². The second kappa shape index (κ2) is 9.67. The minimum Gasteiger partial charge on any atom is -0.336 e. The second-order valence-corrected chi connectivity index (χ2v) is 10.2. The zero-order valence-electron chi connectivity index (χ0n) is 18.4. The maximum Gasteiger partial charge on any atom is 0.317 e. The summed E-state index contributed by atoms with van der Waals surface area (Å²) in [5.41, 5.74) is 0.643. The first-order valence-corrected chi connectivity index (χ1v) is 12.8. The number of amides is 3. The summed E-state index contributed by atoms with van der Waals surface area (Å²) in [4.78, 5) is 34.6. The minimum absolute atomic E-state index is 0.0466. The summed E-state index contributed by atoms with van der Waals surface area (Å²) in [5, 5.41) is 6.10. The van der Waals surface area contributed by atoms with Gasteiger partial charge in [0.05, 0.1) is 5.01 Å². The van der Waals surface area contributed by atoms with Crippen molar-refractivity contribution in [3.05, 3.63) is 16.1 Å². The molecule has 1 aliphatic heterocycles. The molecule has 166 valence electrons. The van der Waals surface area contributed by atoms with E-state index in [1.54, 1.807) is 11.3 Å². The lowest BCUT2D eigenvalue weighted by molar-refractivity contribution is 0.0608. The highest BCUT2D eigenvalue weighted by Crippen LogP contribution is 2.36. The van der Waals surface area contributed by atoms with Gasteiger partial charge in [0, 0.05) is 42.5 Å². The Kier molecular flexibility index (Phi) is 6.96. The van der Waals surface area contributed by atoms with E-state index >= 15 is 0 Å². The van der Waals surface area contributed by atoms with E-state index < -0.39 is 0 Å². The van der Waals surface area contributed by atoms with E-state index in [9.17, 15) is 9.59 Å². The fourth-order valence-corrected chi connectivity index (χ4v) is 5.75. The molecule has 3 fully saturated rings. The molecule has 4 rings (SSSR count). The van der Waals surface area contributed by atoms with Gasteiger partial charge in [-0.15, -0.1) is 11.3 Å². The van der Waals surface area contributed by atoms with Crippen molar-refractivity contribution in [3.8, 4) is 0 Å². The van der Waals surface area contributed by atoms with E-state index in [0.29, 0.717) is 23.7 Å². The SMILES string of the molecule is CCC(C)NC(=O)N1CCC(c2nc(C(=O)N(C3CCCCC3)C3CC3)cs2)CC1. The summed E-state index contributed by atoms with van der Waals surface area (Å²) in [5.74, 6) is 0.505. The zero-order valence-corrected chi connectivity index (χ0v) is 19.3. The number of hydrogen-bond donors (Lipinski definition) is 1. The second-order valence-electron chi connectivity index (χ2n) is 9.33. The van der Waals surface area contributed by atoms with Crippen LogP contribution in [0.2, 0.25) is 0 Å². The van der Waals surface area contributed by atoms with Crippen LogP contribution in [-0.2, 0) is 0 Å². The Morgan fingerprint density at radius 1 is 1.13 bits per heavy atom. The van der Waals surface area contributed by atoms with E-state index in [2.05, 4.69) is 17.1 Å². The van der Waals surface area contributed by atoms with Gasteiger partial charge in [-0.05, 0) is 51.9 Å². The van der Waals surface area contributed by atoms with Crippen LogP contribution in [0.4, 0.5) is 4.79 Å². The highest BCUT2D eigenvalue weighted by Gasteiger charge is 2.39. The first-order chi connectivity index (χ1) is 14.6. The Morgan fingerprint density at radius 3 is 2.43 bits per heavy atom. The molecule has 1 aromatic rings. The Balaban J connectivity index is 1.35. The molecule has 7 heteroatoms. The van der Waals surface area contributed by atoms with Crippen LogP contribution in [0, 0.1) is 0 Å². The smallest absolute Gasteiger partial charge is 0.317 e. The van der Waals surface area contributed by atoms with Crippen molar-refractivity contribution in [1.82, 2.24) is 20.1 Å². The van der Waals surface area contributed by atoms with Gasteiger partial charge >= 0.3 is 6.03 Å². The highest BCUT2D eigenvalue weighted by atomic mass is 32.1. The van der Waals surface area contributed by atoms with Gasteiger partial charge in [-0.1, -0.05) is 26.2 Å². The molecular weight excluding hydrogens is 396 g/mol. The van der Waals surface area contributed by atoms with Gasteiger partial charge < -0.3 is 15.1 Å². The Labute approximate surface area is 184 Å². The van der Waals surface area contributed by atoms with Gasteiger partial charge in [-0.3, -0.25) is 4.79 Å². The van der Waals surface area contributed by atoms with Gasteiger partial charge in [-0.2, -0.15) is 0 Å². The topological polar surface area (TPSA) is 65.5 Å². The molecule has 0 aromatic carbocycles. The molecule has 1 N–H and O–H groups in total. The number of piperidine rings is 1. The Bertz CT molecular complexity index is 733. The van der Waals surface area contributed by atoms with Crippen LogP contribution in [0.15, 0.2) is 5.38 Å². The van der Waals surface area contributed by atoms with Crippen LogP contribution in [0.25, 0.3) is 0 Å². The fraction of sp³-hybridized carbons (Fsp3) is 0.783. The van der Waals surface area contributed by atoms with Gasteiger partial charge in [0.15, 0.2) is 0 Å². The van der Waals surface area contributed by atoms with Gasteiger partial charge in [0.1, 0.15) is 5.69 Å². The first-order valence-electron chi connectivity index (χ1n) is 11.9. The van der Waals surface area contributed by atoms with Crippen molar-refractivity contribution in [2.75, 3.05) is 13.1 Å². The Morgan fingerprint density at radius 2 is 1.80 bits per heavy atom. The van der Waals surface area contributed by atoms with Crippen LogP contribution in [-0.4, -0.2) is 57.9 Å². The molecule has 0 radical (unpaired) electrons. The minimum atomic E-state index is 0.0466. The predicted octanol–water partition coefficient (Wildman–Crippen LogP) is 4.77. The monoisotopic (exact) mass is 432 g/mol. The van der Waals surface area contributed by atoms with E-state index in [1.165, 1.54) is 19.3 Å². The number of carbonyl (C=O) groups excluding carboxylic acids is 2. The fourth-order valence-electron chi connectivity index (χ4n) is 4.78. The summed E-state index contributed by atoms with van der Waals surface area (Å²) in [7, 11) is 0. The molecule has 1 aromatic heterocycles. The highest BCUT2D eigenvalue weighted by molar-refractivity contribution is 7.09. The summed E-state index contributed by atoms with van der Waals surface area (Å²) in [6, 6.07) is 1.11. The van der Waals surface area contributed by atoms with E-state index in [-0.39, 0.29) is 18.0 Å². The number of urea groups is 1. The molecule has 3 amide bonds. The van der Waals surface area contributed by atoms with Crippen LogP contribution >= 0.6 is 11.3 Å². The van der Waals surface area contributed by atoms with Crippen molar-refractivity contribution in [3.63, 3.8) is 0 Å². The lowest BCUT2D eigenvalue weighted by Gasteiger charge is -2.34. The first kappa shape index (κ1) is 21.6. The third kappa shape index (κ3) is 4.98. The van der Waals surface area contributed by atoms with Crippen molar-refractivity contribution < 1.29 is 9.59 Å². The van der Waals surface area contributed by atoms with Gasteiger partial charge in [-0.25, -0.2) is 9.78 Å². The number of thiazole rings is 1. The number of likely N-dealkylation sites (tertiary alicyclic amines) is 1. The molecule has 1 saturated heterocycles. The molecule has 2 heterocycles. The number of hydrogen-bond acceptors (Lipinski definition) is 4. The zero-order chi connectivity index (χ0) is 21.1. The number of aromatic nitrogens is 1.